The van der Waals surface area contributed by atoms with Crippen LogP contribution in [0, 0.1) is 24.7 Å². The lowest BCUT2D eigenvalue weighted by molar-refractivity contribution is -0.143. The summed E-state index contributed by atoms with van der Waals surface area (Å²) < 4.78 is 6.73. The Hall–Kier alpha value is -3.46. The molecule has 0 spiro atoms. The van der Waals surface area contributed by atoms with Gasteiger partial charge >= 0.3 is 5.97 Å². The second kappa shape index (κ2) is 10.1. The predicted octanol–water partition coefficient (Wildman–Crippen LogP) is 3.60. The smallest absolute Gasteiger partial charge is 0.309 e. The molecule has 41 heavy (non-hydrogen) atoms. The van der Waals surface area contributed by atoms with Crippen molar-refractivity contribution in [3.05, 3.63) is 59.5 Å². The number of esters is 1. The van der Waals surface area contributed by atoms with Gasteiger partial charge in [0, 0.05) is 43.7 Å². The Morgan fingerprint density at radius 1 is 1.12 bits per heavy atom. The lowest BCUT2D eigenvalue weighted by atomic mass is 9.82. The zero-order valence-electron chi connectivity index (χ0n) is 24.3. The molecule has 2 aromatic heterocycles. The number of fused-ring (bicyclic) bond motifs is 2. The molecule has 4 heterocycles. The molecule has 1 N–H and O–H groups in total. The van der Waals surface area contributed by atoms with E-state index in [0.717, 1.165) is 75.2 Å². The second-order valence-corrected chi connectivity index (χ2v) is 13.0. The van der Waals surface area contributed by atoms with Gasteiger partial charge in [-0.05, 0) is 68.1 Å². The highest BCUT2D eigenvalue weighted by molar-refractivity contribution is 5.91. The minimum Gasteiger partial charge on any atom is -0.469 e. The van der Waals surface area contributed by atoms with Crippen molar-refractivity contribution < 1.29 is 14.3 Å². The zero-order valence-corrected chi connectivity index (χ0v) is 24.3. The highest BCUT2D eigenvalue weighted by Crippen LogP contribution is 2.53. The van der Waals surface area contributed by atoms with Gasteiger partial charge in [0.1, 0.15) is 0 Å². The van der Waals surface area contributed by atoms with E-state index >= 15 is 0 Å². The molecular formula is C32H40N6O3. The normalized spacial score (nSPS) is 31.3. The maximum Gasteiger partial charge on any atom is 0.309 e. The number of pyridine rings is 1. The van der Waals surface area contributed by atoms with E-state index in [0.29, 0.717) is 17.9 Å². The molecule has 1 amide bonds. The Kier molecular flexibility index (Phi) is 6.52. The van der Waals surface area contributed by atoms with Gasteiger partial charge in [-0.25, -0.2) is 9.50 Å². The number of carbonyl (C=O) groups is 2. The largest absolute Gasteiger partial charge is 0.469 e. The van der Waals surface area contributed by atoms with Crippen LogP contribution in [0.5, 0.6) is 0 Å². The number of rotatable bonds is 6. The minimum atomic E-state index is -0.201. The van der Waals surface area contributed by atoms with Crippen LogP contribution in [0.2, 0.25) is 0 Å². The third-order valence-corrected chi connectivity index (χ3v) is 10.3. The number of methoxy groups -OCH3 is 1. The Bertz CT molecular complexity index is 1460. The van der Waals surface area contributed by atoms with Crippen LogP contribution in [0.25, 0.3) is 5.65 Å². The molecule has 5 atom stereocenters. The fraction of sp³-hybridized carbons (Fsp3) is 0.562. The molecule has 7 rings (SSSR count). The number of benzene rings is 1. The van der Waals surface area contributed by atoms with Crippen LogP contribution in [0.15, 0.2) is 42.6 Å². The average molecular weight is 557 g/mol. The summed E-state index contributed by atoms with van der Waals surface area (Å²) in [6.07, 6.45) is 7.23. The molecule has 2 aliphatic carbocycles. The van der Waals surface area contributed by atoms with Gasteiger partial charge in [-0.2, -0.15) is 0 Å². The van der Waals surface area contributed by atoms with Crippen molar-refractivity contribution in [2.45, 2.75) is 63.5 Å². The first-order valence-electron chi connectivity index (χ1n) is 15.1. The molecule has 2 aliphatic heterocycles. The number of piperidine rings is 1. The fourth-order valence-corrected chi connectivity index (χ4v) is 7.88. The molecule has 4 aliphatic rings. The van der Waals surface area contributed by atoms with Crippen molar-refractivity contribution in [1.29, 1.82) is 0 Å². The molecule has 4 unspecified atom stereocenters. The van der Waals surface area contributed by atoms with Gasteiger partial charge in [0.2, 0.25) is 5.82 Å². The summed E-state index contributed by atoms with van der Waals surface area (Å²) in [7, 11) is 1.48. The summed E-state index contributed by atoms with van der Waals surface area (Å²) in [4.78, 5) is 34.8. The van der Waals surface area contributed by atoms with E-state index in [1.165, 1.54) is 12.7 Å². The SMILES string of the molecule is COC(=O)C1C2CN(C3CCCC(NC(=O)c4nc5c(C)cc(N6CC[C@](C)(c7ccccc7)C6)cn5n4)C3)CC21. The number of hydrogen-bond donors (Lipinski definition) is 1. The molecule has 2 saturated heterocycles. The van der Waals surface area contributed by atoms with E-state index in [4.69, 9.17) is 4.74 Å². The predicted molar refractivity (Wildman–Crippen MR) is 156 cm³/mol. The highest BCUT2D eigenvalue weighted by atomic mass is 16.5. The molecule has 9 nitrogen and oxygen atoms in total. The topological polar surface area (TPSA) is 92.1 Å². The van der Waals surface area contributed by atoms with Gasteiger partial charge in [-0.15, -0.1) is 5.10 Å². The monoisotopic (exact) mass is 556 g/mol. The van der Waals surface area contributed by atoms with Gasteiger partial charge in [-0.1, -0.05) is 37.3 Å². The zero-order chi connectivity index (χ0) is 28.3. The summed E-state index contributed by atoms with van der Waals surface area (Å²) in [5.74, 6) is 0.959. The number of anilines is 1. The number of amides is 1. The second-order valence-electron chi connectivity index (χ2n) is 13.0. The van der Waals surface area contributed by atoms with E-state index in [-0.39, 0.29) is 35.1 Å². The third kappa shape index (κ3) is 4.78. The summed E-state index contributed by atoms with van der Waals surface area (Å²) in [5.41, 5.74) is 4.32. The Morgan fingerprint density at radius 2 is 1.90 bits per heavy atom. The van der Waals surface area contributed by atoms with Crippen LogP contribution < -0.4 is 10.2 Å². The van der Waals surface area contributed by atoms with Crippen LogP contribution in [-0.2, 0) is 14.9 Å². The summed E-state index contributed by atoms with van der Waals surface area (Å²) in [5, 5.41) is 7.86. The fourth-order valence-electron chi connectivity index (χ4n) is 7.88. The number of aryl methyl sites for hydroxylation is 1. The number of ether oxygens (including phenoxy) is 1. The van der Waals surface area contributed by atoms with Crippen LogP contribution in [0.3, 0.4) is 0 Å². The third-order valence-electron chi connectivity index (χ3n) is 10.3. The van der Waals surface area contributed by atoms with Gasteiger partial charge < -0.3 is 15.0 Å². The molecule has 4 fully saturated rings. The molecule has 216 valence electrons. The number of carbonyl (C=O) groups excluding carboxylic acids is 2. The summed E-state index contributed by atoms with van der Waals surface area (Å²) in [6, 6.07) is 13.5. The standard InChI is InChI=1S/C32H40N6O3/c1-20-14-24(36-13-12-32(2,19-36)21-8-5-4-6-9-21)16-38-29(20)34-28(35-38)30(39)33-22-10-7-11-23(15-22)37-17-25-26(18-37)27(25)31(40)41-3/h4-6,8-9,14,16,22-23,25-27H,7,10-13,15,17-19H2,1-3H3,(H,33,39)/t22?,23?,25?,26?,27?,32-/m0/s1. The molecule has 3 aromatic rings. The number of aromatic nitrogens is 3. The van der Waals surface area contributed by atoms with Crippen LogP contribution in [-0.4, -0.2) is 76.7 Å². The van der Waals surface area contributed by atoms with E-state index in [1.54, 1.807) is 4.52 Å². The average Bonchev–Trinajstić information content (AvgIpc) is 3.38. The molecule has 0 radical (unpaired) electrons. The molecule has 9 heteroatoms. The Labute approximate surface area is 241 Å². The first-order chi connectivity index (χ1) is 19.8. The van der Waals surface area contributed by atoms with Crippen molar-refractivity contribution in [2.75, 3.05) is 38.2 Å². The van der Waals surface area contributed by atoms with Crippen molar-refractivity contribution in [2.24, 2.45) is 17.8 Å². The maximum absolute atomic E-state index is 13.3. The number of likely N-dealkylation sites (tertiary alicyclic amines) is 1. The Morgan fingerprint density at radius 3 is 2.66 bits per heavy atom. The van der Waals surface area contributed by atoms with E-state index in [9.17, 15) is 9.59 Å². The highest BCUT2D eigenvalue weighted by Gasteiger charge is 2.60. The van der Waals surface area contributed by atoms with Gasteiger partial charge in [0.25, 0.3) is 5.91 Å². The van der Waals surface area contributed by atoms with Crippen LogP contribution in [0.4, 0.5) is 5.69 Å². The molecular weight excluding hydrogens is 516 g/mol. The first kappa shape index (κ1) is 26.4. The quantitative estimate of drug-likeness (QED) is 0.464. The molecule has 2 saturated carbocycles. The molecule has 1 aromatic carbocycles. The molecule has 0 bridgehead atoms. The van der Waals surface area contributed by atoms with Gasteiger partial charge in [-0.3, -0.25) is 14.5 Å². The van der Waals surface area contributed by atoms with Crippen molar-refractivity contribution >= 4 is 23.2 Å². The lowest BCUT2D eigenvalue weighted by Crippen LogP contribution is -2.46. The number of nitrogens with zero attached hydrogens (tertiary/aromatic N) is 5. The number of nitrogens with one attached hydrogen (secondary N) is 1. The van der Waals surface area contributed by atoms with Crippen LogP contribution >= 0.6 is 0 Å². The van der Waals surface area contributed by atoms with Gasteiger partial charge in [0.05, 0.1) is 24.9 Å². The van der Waals surface area contributed by atoms with E-state index < -0.39 is 0 Å². The van der Waals surface area contributed by atoms with E-state index in [1.807, 2.05) is 13.1 Å². The number of hydrogen-bond acceptors (Lipinski definition) is 7. The van der Waals surface area contributed by atoms with Crippen LogP contribution in [0.1, 0.15) is 60.8 Å². The lowest BCUT2D eigenvalue weighted by Gasteiger charge is -2.36. The van der Waals surface area contributed by atoms with E-state index in [2.05, 4.69) is 68.5 Å². The van der Waals surface area contributed by atoms with Crippen molar-refractivity contribution in [3.8, 4) is 0 Å². The first-order valence-corrected chi connectivity index (χ1v) is 15.1. The summed E-state index contributed by atoms with van der Waals surface area (Å²) >= 11 is 0. The van der Waals surface area contributed by atoms with Crippen molar-refractivity contribution in [1.82, 2.24) is 24.8 Å². The Balaban J connectivity index is 0.999. The summed E-state index contributed by atoms with van der Waals surface area (Å²) in [6.45, 7) is 8.23. The maximum atomic E-state index is 13.3. The minimum absolute atomic E-state index is 0.0539. The van der Waals surface area contributed by atoms with Gasteiger partial charge in [0.15, 0.2) is 5.65 Å². The van der Waals surface area contributed by atoms with Crippen molar-refractivity contribution in [3.63, 3.8) is 0 Å².